The molecule has 3 N–H and O–H groups in total. The molecule has 1 saturated heterocycles. The van der Waals surface area contributed by atoms with Crippen LogP contribution in [0.4, 0.5) is 29.1 Å². The molecule has 336 valence electrons. The van der Waals surface area contributed by atoms with E-state index in [0.717, 1.165) is 31.5 Å². The van der Waals surface area contributed by atoms with E-state index < -0.39 is 10.8 Å². The highest BCUT2D eigenvalue weighted by atomic mass is 35.5. The number of nitrogens with zero attached hydrogens (tertiary/aromatic N) is 8. The van der Waals surface area contributed by atoms with Gasteiger partial charge < -0.3 is 40.1 Å². The number of amides is 3. The third-order valence-electron chi connectivity index (χ3n) is 13.6. The van der Waals surface area contributed by atoms with Gasteiger partial charge in [0, 0.05) is 73.1 Å². The van der Waals surface area contributed by atoms with Gasteiger partial charge in [0.05, 0.1) is 35.1 Å². The number of benzene rings is 2. The molecule has 0 unspecified atom stereocenters. The molecule has 0 bridgehead atoms. The Hall–Kier alpha value is -6.21. The van der Waals surface area contributed by atoms with Crippen LogP contribution in [0, 0.1) is 22.2 Å². The van der Waals surface area contributed by atoms with Gasteiger partial charge in [-0.1, -0.05) is 59.1 Å². The number of fused-ring (bicyclic) bond motifs is 1. The number of likely N-dealkylation sites (N-methyl/N-ethyl adjacent to an activating group) is 1. The third kappa shape index (κ3) is 8.33. The summed E-state index contributed by atoms with van der Waals surface area (Å²) in [5, 5.41) is 19.2. The van der Waals surface area contributed by atoms with E-state index in [-0.39, 0.29) is 48.0 Å². The number of nitriles is 1. The summed E-state index contributed by atoms with van der Waals surface area (Å²) in [6, 6.07) is 12.0. The van der Waals surface area contributed by atoms with Crippen LogP contribution >= 0.6 is 11.6 Å². The largest absolute Gasteiger partial charge is 0.495 e. The number of anilines is 5. The molecule has 2 aromatic heterocycles. The molecule has 2 aliphatic carbocycles. The predicted molar refractivity (Wildman–Crippen MR) is 245 cm³/mol. The second kappa shape index (κ2) is 17.8. The van der Waals surface area contributed by atoms with Crippen molar-refractivity contribution in [1.29, 1.82) is 5.26 Å². The van der Waals surface area contributed by atoms with Crippen molar-refractivity contribution in [3.8, 4) is 17.6 Å². The Bertz CT molecular complexity index is 2450. The second-order valence-electron chi connectivity index (χ2n) is 18.4. The summed E-state index contributed by atoms with van der Waals surface area (Å²) in [5.41, 5.74) is 1.67. The molecule has 0 spiro atoms. The number of piperidine rings is 1. The maximum absolute atomic E-state index is 13.5. The molecule has 1 atom stereocenters. The van der Waals surface area contributed by atoms with Crippen molar-refractivity contribution in [1.82, 2.24) is 30.6 Å². The number of methoxy groups -OCH3 is 1. The molecule has 0 radical (unpaired) electrons. The fourth-order valence-electron chi connectivity index (χ4n) is 10.4. The first-order valence-electron chi connectivity index (χ1n) is 22.1. The zero-order valence-electron chi connectivity index (χ0n) is 37.4. The molecule has 4 heterocycles. The predicted octanol–water partition coefficient (Wildman–Crippen LogP) is 7.06. The first-order valence-corrected chi connectivity index (χ1v) is 22.4. The molecular weight excluding hydrogens is 834 g/mol. The average molecular weight is 890 g/mol. The zero-order chi connectivity index (χ0) is 45.5. The van der Waals surface area contributed by atoms with Crippen molar-refractivity contribution >= 4 is 58.4 Å². The minimum absolute atomic E-state index is 0.0582. The lowest BCUT2D eigenvalue weighted by atomic mass is 9.49. The van der Waals surface area contributed by atoms with E-state index in [9.17, 15) is 19.6 Å². The molecule has 2 aromatic carbocycles. The number of hydrogen-bond acceptors (Lipinski definition) is 13. The number of halogens is 1. The number of carbonyl (C=O) groups excluding carboxylic acids is 3. The number of hydrogen-bond donors (Lipinski definition) is 3. The van der Waals surface area contributed by atoms with Crippen LogP contribution in [0.25, 0.3) is 0 Å². The first-order chi connectivity index (χ1) is 30.6. The van der Waals surface area contributed by atoms with Crippen LogP contribution in [-0.2, 0) is 4.79 Å². The fraction of sp³-hybridized carbons (Fsp3) is 0.489. The highest BCUT2D eigenvalue weighted by Gasteiger charge is 2.64. The van der Waals surface area contributed by atoms with E-state index in [1.807, 2.05) is 6.92 Å². The molecule has 3 fully saturated rings. The molecule has 2 saturated carbocycles. The molecule has 4 aliphatic rings. The molecule has 64 heavy (non-hydrogen) atoms. The number of aromatic nitrogens is 4. The maximum Gasteiger partial charge on any atom is 0.254 e. The van der Waals surface area contributed by atoms with Crippen molar-refractivity contribution in [2.75, 3.05) is 47.3 Å². The van der Waals surface area contributed by atoms with Crippen molar-refractivity contribution in [2.45, 2.75) is 110 Å². The molecule has 3 amide bonds. The Morgan fingerprint density at radius 1 is 0.922 bits per heavy atom. The number of rotatable bonds is 12. The Balaban J connectivity index is 0.844. The van der Waals surface area contributed by atoms with Crippen molar-refractivity contribution in [3.63, 3.8) is 0 Å². The lowest BCUT2D eigenvalue weighted by molar-refractivity contribution is -0.164. The van der Waals surface area contributed by atoms with Gasteiger partial charge in [-0.25, -0.2) is 15.0 Å². The number of nitrogens with one attached hydrogen (secondary N) is 3. The summed E-state index contributed by atoms with van der Waals surface area (Å²) >= 11 is 6.25. The lowest BCUT2D eigenvalue weighted by Gasteiger charge is -2.63. The van der Waals surface area contributed by atoms with E-state index in [2.05, 4.69) is 74.5 Å². The summed E-state index contributed by atoms with van der Waals surface area (Å²) in [5.74, 6) is 2.26. The average Bonchev–Trinajstić information content (AvgIpc) is 3.83. The van der Waals surface area contributed by atoms with Crippen molar-refractivity contribution in [2.24, 2.45) is 10.8 Å². The summed E-state index contributed by atoms with van der Waals surface area (Å²) in [7, 11) is 3.34. The summed E-state index contributed by atoms with van der Waals surface area (Å²) in [6.45, 7) is 11.5. The Morgan fingerprint density at radius 3 is 2.25 bits per heavy atom. The summed E-state index contributed by atoms with van der Waals surface area (Å²) in [6.07, 6.45) is 10.9. The van der Waals surface area contributed by atoms with Crippen LogP contribution in [0.2, 0.25) is 5.02 Å². The van der Waals surface area contributed by atoms with Gasteiger partial charge in [0.1, 0.15) is 35.4 Å². The number of carbonyl (C=O) groups is 3. The summed E-state index contributed by atoms with van der Waals surface area (Å²) < 4.78 is 12.1. The van der Waals surface area contributed by atoms with Crippen LogP contribution < -0.4 is 40.1 Å². The van der Waals surface area contributed by atoms with Gasteiger partial charge in [-0.05, 0) is 62.4 Å². The van der Waals surface area contributed by atoms with E-state index in [0.29, 0.717) is 88.8 Å². The van der Waals surface area contributed by atoms with Gasteiger partial charge in [0.2, 0.25) is 17.8 Å². The highest BCUT2D eigenvalue weighted by Crippen LogP contribution is 2.55. The monoisotopic (exact) mass is 889 g/mol. The third-order valence-corrected chi connectivity index (χ3v) is 13.9. The van der Waals surface area contributed by atoms with E-state index in [4.69, 9.17) is 26.1 Å². The fourth-order valence-corrected chi connectivity index (χ4v) is 10.6. The van der Waals surface area contributed by atoms with Gasteiger partial charge in [-0.2, -0.15) is 10.2 Å². The smallest absolute Gasteiger partial charge is 0.254 e. The minimum atomic E-state index is -0.413. The Kier molecular flexibility index (Phi) is 12.3. The second-order valence-corrected chi connectivity index (χ2v) is 18.8. The van der Waals surface area contributed by atoms with Crippen LogP contribution in [-0.4, -0.2) is 95.2 Å². The van der Waals surface area contributed by atoms with Crippen molar-refractivity contribution < 1.29 is 23.9 Å². The SMILES string of the molecule is CC[C@@H]1C(=O)N(C)c2cnc(Nc3ccc(C(=O)NC4CCN(c5ncc(C(=O)NC6C(C)(C)C(Oc7ccc(C#N)c(Cl)c7)C6(C)C)cn5)CC4)cc3OC)nc2N1C1CCCC1. The van der Waals surface area contributed by atoms with E-state index >= 15 is 0 Å². The van der Waals surface area contributed by atoms with Crippen LogP contribution in [0.3, 0.4) is 0 Å². The minimum Gasteiger partial charge on any atom is -0.495 e. The zero-order valence-corrected chi connectivity index (χ0v) is 38.2. The Morgan fingerprint density at radius 2 is 1.61 bits per heavy atom. The molecular formula is C47H56ClN11O5. The molecule has 8 rings (SSSR count). The van der Waals surface area contributed by atoms with Gasteiger partial charge in [0.25, 0.3) is 11.8 Å². The van der Waals surface area contributed by atoms with Crippen LogP contribution in [0.15, 0.2) is 55.0 Å². The van der Waals surface area contributed by atoms with Crippen LogP contribution in [0.5, 0.6) is 11.5 Å². The van der Waals surface area contributed by atoms with Gasteiger partial charge in [-0.3, -0.25) is 14.4 Å². The van der Waals surface area contributed by atoms with E-state index in [1.165, 1.54) is 0 Å². The quantitative estimate of drug-likeness (QED) is 0.131. The molecule has 16 nitrogen and oxygen atoms in total. The summed E-state index contributed by atoms with van der Waals surface area (Å²) in [4.78, 5) is 64.8. The molecule has 2 aliphatic heterocycles. The van der Waals surface area contributed by atoms with Gasteiger partial charge >= 0.3 is 0 Å². The normalized spacial score (nSPS) is 21.6. The standard InChI is InChI=1S/C47H56ClN11O5/c1-8-35-41(62)57(6)36-26-50-44(55-38(36)59(35)31-11-9-10-12-31)54-34-16-14-27(21-37(34)63-7)39(60)53-30-17-19-58(20-18-30)45-51-24-29(25-52-45)40(61)56-42-46(2,3)43(47(42,4)5)64-32-15-13-28(23-49)33(48)22-32/h13-16,21-22,24-26,30-31,35,42-43H,8-12,17-20H2,1-7H3,(H,53,60)(H,56,61)(H,50,54,55)/t35-,42?,43?/m1/s1. The van der Waals surface area contributed by atoms with E-state index in [1.54, 1.807) is 74.0 Å². The molecule has 17 heteroatoms. The first kappa shape index (κ1) is 44.4. The maximum atomic E-state index is 13.5. The topological polar surface area (TPSA) is 191 Å². The lowest BCUT2D eigenvalue weighted by Crippen LogP contribution is -2.74. The Labute approximate surface area is 379 Å². The van der Waals surface area contributed by atoms with Gasteiger partial charge in [-0.15, -0.1) is 0 Å². The van der Waals surface area contributed by atoms with Crippen LogP contribution in [0.1, 0.15) is 106 Å². The van der Waals surface area contributed by atoms with Crippen molar-refractivity contribution in [3.05, 3.63) is 76.7 Å². The molecule has 4 aromatic rings. The van der Waals surface area contributed by atoms with Gasteiger partial charge in [0.15, 0.2) is 5.82 Å². The highest BCUT2D eigenvalue weighted by molar-refractivity contribution is 6.31. The number of ether oxygens (including phenoxy) is 2.